The van der Waals surface area contributed by atoms with E-state index in [9.17, 15) is 9.18 Å². The van der Waals surface area contributed by atoms with E-state index in [1.54, 1.807) is 29.2 Å². The Balaban J connectivity index is 1.97. The molecule has 1 amide bonds. The molecule has 0 radical (unpaired) electrons. The third-order valence-corrected chi connectivity index (χ3v) is 3.12. The van der Waals surface area contributed by atoms with E-state index in [1.807, 2.05) is 13.8 Å². The van der Waals surface area contributed by atoms with E-state index < -0.39 is 0 Å². The van der Waals surface area contributed by atoms with Gasteiger partial charge in [-0.15, -0.1) is 0 Å². The van der Waals surface area contributed by atoms with Crippen molar-refractivity contribution < 1.29 is 18.3 Å². The second kappa shape index (κ2) is 6.92. The van der Waals surface area contributed by atoms with Crippen LogP contribution in [0.3, 0.4) is 0 Å². The normalized spacial score (nSPS) is 10.4. The van der Waals surface area contributed by atoms with Gasteiger partial charge in [0.15, 0.2) is 5.76 Å². The predicted octanol–water partition coefficient (Wildman–Crippen LogP) is 3.48. The molecule has 0 atom stereocenters. The highest BCUT2D eigenvalue weighted by Gasteiger charge is 2.16. The SMILES string of the molecule is CCN(CC)C(=O)c1ccc(COc2ccc(F)cc2)o1. The van der Waals surface area contributed by atoms with Gasteiger partial charge in [0.05, 0.1) is 0 Å². The number of carbonyl (C=O) groups is 1. The molecule has 112 valence electrons. The van der Waals surface area contributed by atoms with Crippen LogP contribution in [0.5, 0.6) is 5.75 Å². The van der Waals surface area contributed by atoms with Crippen LogP contribution in [0.4, 0.5) is 4.39 Å². The van der Waals surface area contributed by atoms with Crippen molar-refractivity contribution >= 4 is 5.91 Å². The van der Waals surface area contributed by atoms with Gasteiger partial charge < -0.3 is 14.1 Å². The number of amides is 1. The lowest BCUT2D eigenvalue weighted by atomic mass is 10.3. The van der Waals surface area contributed by atoms with Gasteiger partial charge in [0.1, 0.15) is 23.9 Å². The molecule has 1 aromatic heterocycles. The lowest BCUT2D eigenvalue weighted by Gasteiger charge is -2.16. The van der Waals surface area contributed by atoms with Crippen molar-refractivity contribution in [2.24, 2.45) is 0 Å². The standard InChI is InChI=1S/C16H18FNO3/c1-3-18(4-2)16(19)15-10-9-14(21-15)11-20-13-7-5-12(17)6-8-13/h5-10H,3-4,11H2,1-2H3. The van der Waals surface area contributed by atoms with Crippen LogP contribution in [0.15, 0.2) is 40.8 Å². The smallest absolute Gasteiger partial charge is 0.289 e. The third kappa shape index (κ3) is 3.84. The molecule has 21 heavy (non-hydrogen) atoms. The van der Waals surface area contributed by atoms with E-state index in [0.29, 0.717) is 30.4 Å². The molecule has 0 fully saturated rings. The first-order chi connectivity index (χ1) is 10.1. The molecular formula is C16H18FNO3. The van der Waals surface area contributed by atoms with Crippen molar-refractivity contribution in [1.82, 2.24) is 4.90 Å². The Bertz CT molecular complexity index is 588. The van der Waals surface area contributed by atoms with Crippen LogP contribution >= 0.6 is 0 Å². The first-order valence-electron chi connectivity index (χ1n) is 6.90. The van der Waals surface area contributed by atoms with Crippen LogP contribution in [0.25, 0.3) is 0 Å². The van der Waals surface area contributed by atoms with Crippen molar-refractivity contribution in [2.45, 2.75) is 20.5 Å². The summed E-state index contributed by atoms with van der Waals surface area (Å²) in [6.07, 6.45) is 0. The summed E-state index contributed by atoms with van der Waals surface area (Å²) in [5.74, 6) is 0.955. The van der Waals surface area contributed by atoms with E-state index in [1.165, 1.54) is 12.1 Å². The zero-order valence-electron chi connectivity index (χ0n) is 12.1. The Hall–Kier alpha value is -2.30. The quantitative estimate of drug-likeness (QED) is 0.818. The van der Waals surface area contributed by atoms with Gasteiger partial charge >= 0.3 is 0 Å². The molecule has 0 unspecified atom stereocenters. The number of carbonyl (C=O) groups excluding carboxylic acids is 1. The average Bonchev–Trinajstić information content (AvgIpc) is 2.97. The molecule has 2 aromatic rings. The van der Waals surface area contributed by atoms with Crippen LogP contribution in [0.1, 0.15) is 30.2 Å². The van der Waals surface area contributed by atoms with E-state index in [4.69, 9.17) is 9.15 Å². The zero-order chi connectivity index (χ0) is 15.2. The van der Waals surface area contributed by atoms with Crippen molar-refractivity contribution in [3.8, 4) is 5.75 Å². The van der Waals surface area contributed by atoms with Crippen LogP contribution in [0, 0.1) is 5.82 Å². The molecule has 1 heterocycles. The van der Waals surface area contributed by atoms with Gasteiger partial charge in [-0.3, -0.25) is 4.79 Å². The second-order valence-electron chi connectivity index (χ2n) is 4.49. The predicted molar refractivity (Wildman–Crippen MR) is 76.7 cm³/mol. The average molecular weight is 291 g/mol. The number of nitrogens with zero attached hydrogens (tertiary/aromatic N) is 1. The minimum atomic E-state index is -0.313. The third-order valence-electron chi connectivity index (χ3n) is 3.12. The van der Waals surface area contributed by atoms with Gasteiger partial charge in [-0.2, -0.15) is 0 Å². The summed E-state index contributed by atoms with van der Waals surface area (Å²) in [7, 11) is 0. The van der Waals surface area contributed by atoms with E-state index in [2.05, 4.69) is 0 Å². The largest absolute Gasteiger partial charge is 0.486 e. The maximum atomic E-state index is 12.8. The first-order valence-corrected chi connectivity index (χ1v) is 6.90. The molecule has 0 saturated carbocycles. The number of halogens is 1. The Labute approximate surface area is 123 Å². The maximum Gasteiger partial charge on any atom is 0.289 e. The highest BCUT2D eigenvalue weighted by molar-refractivity contribution is 5.91. The monoisotopic (exact) mass is 291 g/mol. The number of ether oxygens (including phenoxy) is 1. The molecular weight excluding hydrogens is 273 g/mol. The number of hydrogen-bond donors (Lipinski definition) is 0. The lowest BCUT2D eigenvalue weighted by molar-refractivity contribution is 0.0737. The van der Waals surface area contributed by atoms with Crippen LogP contribution in [-0.4, -0.2) is 23.9 Å². The molecule has 5 heteroatoms. The maximum absolute atomic E-state index is 12.8. The highest BCUT2D eigenvalue weighted by Crippen LogP contribution is 2.16. The van der Waals surface area contributed by atoms with Crippen LogP contribution in [0.2, 0.25) is 0 Å². The molecule has 0 spiro atoms. The molecule has 0 aliphatic rings. The fourth-order valence-electron chi connectivity index (χ4n) is 1.92. The van der Waals surface area contributed by atoms with Crippen molar-refractivity contribution in [3.05, 3.63) is 53.7 Å². The lowest BCUT2D eigenvalue weighted by Crippen LogP contribution is -2.30. The van der Waals surface area contributed by atoms with E-state index >= 15 is 0 Å². The summed E-state index contributed by atoms with van der Waals surface area (Å²) >= 11 is 0. The Morgan fingerprint density at radius 2 is 1.81 bits per heavy atom. The van der Waals surface area contributed by atoms with Gasteiger partial charge in [0.25, 0.3) is 5.91 Å². The molecule has 2 rings (SSSR count). The van der Waals surface area contributed by atoms with E-state index in [-0.39, 0.29) is 18.3 Å². The number of furan rings is 1. The number of hydrogen-bond acceptors (Lipinski definition) is 3. The Morgan fingerprint density at radius 3 is 2.43 bits per heavy atom. The summed E-state index contributed by atoms with van der Waals surface area (Å²) in [5, 5.41) is 0. The molecule has 1 aromatic carbocycles. The van der Waals surface area contributed by atoms with Crippen molar-refractivity contribution in [1.29, 1.82) is 0 Å². The molecule has 0 saturated heterocycles. The molecule has 4 nitrogen and oxygen atoms in total. The number of benzene rings is 1. The summed E-state index contributed by atoms with van der Waals surface area (Å²) in [6.45, 7) is 5.30. The Morgan fingerprint density at radius 1 is 1.14 bits per heavy atom. The molecule has 0 aliphatic heterocycles. The fourth-order valence-corrected chi connectivity index (χ4v) is 1.92. The van der Waals surface area contributed by atoms with Crippen molar-refractivity contribution in [2.75, 3.05) is 13.1 Å². The van der Waals surface area contributed by atoms with Gasteiger partial charge in [-0.1, -0.05) is 0 Å². The van der Waals surface area contributed by atoms with Crippen molar-refractivity contribution in [3.63, 3.8) is 0 Å². The molecule has 0 aliphatic carbocycles. The Kier molecular flexibility index (Phi) is 4.98. The van der Waals surface area contributed by atoms with Crippen LogP contribution in [-0.2, 0) is 6.61 Å². The van der Waals surface area contributed by atoms with Crippen LogP contribution < -0.4 is 4.74 Å². The summed E-state index contributed by atoms with van der Waals surface area (Å²) in [6, 6.07) is 9.09. The van der Waals surface area contributed by atoms with Gasteiger partial charge in [0.2, 0.25) is 0 Å². The fraction of sp³-hybridized carbons (Fsp3) is 0.312. The second-order valence-corrected chi connectivity index (χ2v) is 4.49. The minimum Gasteiger partial charge on any atom is -0.486 e. The van der Waals surface area contributed by atoms with Gasteiger partial charge in [-0.05, 0) is 50.2 Å². The topological polar surface area (TPSA) is 42.7 Å². The zero-order valence-corrected chi connectivity index (χ0v) is 12.1. The first kappa shape index (κ1) is 15.1. The summed E-state index contributed by atoms with van der Waals surface area (Å²) in [4.78, 5) is 13.8. The molecule has 0 N–H and O–H groups in total. The minimum absolute atomic E-state index is 0.131. The van der Waals surface area contributed by atoms with E-state index in [0.717, 1.165) is 0 Å². The van der Waals surface area contributed by atoms with Gasteiger partial charge in [0, 0.05) is 13.1 Å². The summed E-state index contributed by atoms with van der Waals surface area (Å²) in [5.41, 5.74) is 0. The highest BCUT2D eigenvalue weighted by atomic mass is 19.1. The number of rotatable bonds is 6. The van der Waals surface area contributed by atoms with Gasteiger partial charge in [-0.25, -0.2) is 4.39 Å². The summed E-state index contributed by atoms with van der Waals surface area (Å²) < 4.78 is 23.7. The molecule has 0 bridgehead atoms.